The molecule has 1 aromatic carbocycles. The lowest BCUT2D eigenvalue weighted by atomic mass is 10.0. The number of hydrogen-bond acceptors (Lipinski definition) is 4. The molecule has 0 aliphatic rings. The van der Waals surface area contributed by atoms with Gasteiger partial charge in [-0.05, 0) is 26.0 Å². The zero-order chi connectivity index (χ0) is 14.9. The molecule has 0 aliphatic heterocycles. The predicted molar refractivity (Wildman–Crippen MR) is 67.7 cm³/mol. The molecule has 0 aliphatic carbocycles. The van der Waals surface area contributed by atoms with E-state index >= 15 is 0 Å². The van der Waals surface area contributed by atoms with E-state index < -0.39 is 22.9 Å². The molecule has 0 amide bonds. The molecule has 1 heterocycles. The summed E-state index contributed by atoms with van der Waals surface area (Å²) in [7, 11) is 0. The Kier molecular flexibility index (Phi) is 3.57. The van der Waals surface area contributed by atoms with Crippen molar-refractivity contribution in [2.45, 2.75) is 19.8 Å². The Morgan fingerprint density at radius 1 is 1.35 bits per heavy atom. The predicted octanol–water partition coefficient (Wildman–Crippen LogP) is 2.76. The Bertz CT molecular complexity index is 719. The molecule has 0 spiro atoms. The number of alkyl halides is 2. The standard InChI is InChI=1S/C14H12F2O4/c1-3-19-13(18)14(15,16)11-8(2)20-10-7-5-4-6-9(10)12(11)17/h4-7H,3H2,1-2H3. The van der Waals surface area contributed by atoms with Crippen LogP contribution in [0.5, 0.6) is 0 Å². The highest BCUT2D eigenvalue weighted by Crippen LogP contribution is 2.31. The van der Waals surface area contributed by atoms with Gasteiger partial charge in [-0.1, -0.05) is 12.1 Å². The van der Waals surface area contributed by atoms with Gasteiger partial charge < -0.3 is 9.15 Å². The second kappa shape index (κ2) is 5.03. The van der Waals surface area contributed by atoms with Crippen molar-refractivity contribution in [1.82, 2.24) is 0 Å². The van der Waals surface area contributed by atoms with Crippen molar-refractivity contribution in [3.63, 3.8) is 0 Å². The summed E-state index contributed by atoms with van der Waals surface area (Å²) in [4.78, 5) is 23.5. The van der Waals surface area contributed by atoms with Crippen molar-refractivity contribution < 1.29 is 22.7 Å². The SMILES string of the molecule is CCOC(=O)C(F)(F)c1c(C)oc2ccccc2c1=O. The largest absolute Gasteiger partial charge is 0.461 e. The summed E-state index contributed by atoms with van der Waals surface area (Å²) in [6.45, 7) is 2.42. The lowest BCUT2D eigenvalue weighted by molar-refractivity contribution is -0.173. The van der Waals surface area contributed by atoms with E-state index in [1.807, 2.05) is 0 Å². The number of ether oxygens (including phenoxy) is 1. The lowest BCUT2D eigenvalue weighted by Gasteiger charge is -2.16. The molecule has 0 unspecified atom stereocenters. The van der Waals surface area contributed by atoms with Crippen LogP contribution < -0.4 is 5.43 Å². The van der Waals surface area contributed by atoms with E-state index in [9.17, 15) is 18.4 Å². The van der Waals surface area contributed by atoms with Gasteiger partial charge in [-0.15, -0.1) is 0 Å². The number of hydrogen-bond donors (Lipinski definition) is 0. The first-order valence-electron chi connectivity index (χ1n) is 5.97. The molecule has 106 valence electrons. The van der Waals surface area contributed by atoms with Gasteiger partial charge in [-0.25, -0.2) is 4.79 Å². The van der Waals surface area contributed by atoms with Crippen LogP contribution in [-0.2, 0) is 15.5 Å². The third-order valence-electron chi connectivity index (χ3n) is 2.82. The Morgan fingerprint density at radius 3 is 2.65 bits per heavy atom. The van der Waals surface area contributed by atoms with Crippen LogP contribution in [0.3, 0.4) is 0 Å². The minimum atomic E-state index is -4.04. The number of para-hydroxylation sites is 1. The molecule has 1 aromatic heterocycles. The van der Waals surface area contributed by atoms with Crippen molar-refractivity contribution in [2.24, 2.45) is 0 Å². The first-order chi connectivity index (χ1) is 9.39. The van der Waals surface area contributed by atoms with Crippen LogP contribution in [-0.4, -0.2) is 12.6 Å². The maximum atomic E-state index is 14.1. The number of carbonyl (C=O) groups excluding carboxylic acids is 1. The molecule has 2 rings (SSSR count). The highest BCUT2D eigenvalue weighted by atomic mass is 19.3. The van der Waals surface area contributed by atoms with Crippen LogP contribution in [0.15, 0.2) is 33.5 Å². The Morgan fingerprint density at radius 2 is 2.00 bits per heavy atom. The van der Waals surface area contributed by atoms with Gasteiger partial charge in [0.25, 0.3) is 0 Å². The Labute approximate surface area is 113 Å². The monoisotopic (exact) mass is 282 g/mol. The summed E-state index contributed by atoms with van der Waals surface area (Å²) >= 11 is 0. The van der Waals surface area contributed by atoms with Crippen molar-refractivity contribution >= 4 is 16.9 Å². The van der Waals surface area contributed by atoms with E-state index in [4.69, 9.17) is 4.42 Å². The van der Waals surface area contributed by atoms with E-state index in [1.165, 1.54) is 32.0 Å². The molecule has 0 saturated carbocycles. The quantitative estimate of drug-likeness (QED) is 0.812. The van der Waals surface area contributed by atoms with Crippen molar-refractivity contribution in [2.75, 3.05) is 6.61 Å². The molecule has 0 saturated heterocycles. The van der Waals surface area contributed by atoms with E-state index in [0.717, 1.165) is 0 Å². The topological polar surface area (TPSA) is 56.5 Å². The molecule has 6 heteroatoms. The summed E-state index contributed by atoms with van der Waals surface area (Å²) in [5, 5.41) is -0.00271. The summed E-state index contributed by atoms with van der Waals surface area (Å²) in [5.41, 5.74) is -1.71. The molecule has 0 atom stereocenters. The normalized spacial score (nSPS) is 11.6. The molecule has 0 fully saturated rings. The average molecular weight is 282 g/mol. The number of carbonyl (C=O) groups is 1. The highest BCUT2D eigenvalue weighted by molar-refractivity contribution is 5.83. The van der Waals surface area contributed by atoms with E-state index in [1.54, 1.807) is 6.07 Å². The second-order valence-corrected chi connectivity index (χ2v) is 4.15. The van der Waals surface area contributed by atoms with Crippen LogP contribution >= 0.6 is 0 Å². The number of fused-ring (bicyclic) bond motifs is 1. The van der Waals surface area contributed by atoms with Crippen molar-refractivity contribution in [1.29, 1.82) is 0 Å². The zero-order valence-electron chi connectivity index (χ0n) is 10.9. The van der Waals surface area contributed by atoms with E-state index in [2.05, 4.69) is 4.74 Å². The van der Waals surface area contributed by atoms with Gasteiger partial charge >= 0.3 is 11.9 Å². The Hall–Kier alpha value is -2.24. The van der Waals surface area contributed by atoms with Crippen molar-refractivity contribution in [3.05, 3.63) is 45.8 Å². The number of benzene rings is 1. The Balaban J connectivity index is 2.71. The van der Waals surface area contributed by atoms with Gasteiger partial charge in [0.15, 0.2) is 0 Å². The van der Waals surface area contributed by atoms with Crippen LogP contribution in [0.4, 0.5) is 8.78 Å². The van der Waals surface area contributed by atoms with Gasteiger partial charge in [0, 0.05) is 0 Å². The summed E-state index contributed by atoms with van der Waals surface area (Å²) in [6, 6.07) is 6.01. The average Bonchev–Trinajstić information content (AvgIpc) is 2.38. The van der Waals surface area contributed by atoms with Gasteiger partial charge in [0.05, 0.1) is 12.0 Å². The van der Waals surface area contributed by atoms with Gasteiger partial charge in [-0.2, -0.15) is 8.78 Å². The number of rotatable bonds is 3. The first kappa shape index (κ1) is 14.2. The minimum Gasteiger partial charge on any atom is -0.461 e. The molecule has 20 heavy (non-hydrogen) atoms. The fourth-order valence-electron chi connectivity index (χ4n) is 1.94. The van der Waals surface area contributed by atoms with Crippen LogP contribution in [0.1, 0.15) is 18.2 Å². The fourth-order valence-corrected chi connectivity index (χ4v) is 1.94. The second-order valence-electron chi connectivity index (χ2n) is 4.15. The van der Waals surface area contributed by atoms with Crippen molar-refractivity contribution in [3.8, 4) is 0 Å². The van der Waals surface area contributed by atoms with Crippen LogP contribution in [0.25, 0.3) is 11.0 Å². The van der Waals surface area contributed by atoms with Crippen LogP contribution in [0.2, 0.25) is 0 Å². The number of aryl methyl sites for hydroxylation is 1. The fraction of sp³-hybridized carbons (Fsp3) is 0.286. The van der Waals surface area contributed by atoms with Crippen LogP contribution in [0, 0.1) is 6.92 Å². The highest BCUT2D eigenvalue weighted by Gasteiger charge is 2.47. The maximum Gasteiger partial charge on any atom is 0.382 e. The zero-order valence-corrected chi connectivity index (χ0v) is 10.9. The molecular weight excluding hydrogens is 270 g/mol. The first-order valence-corrected chi connectivity index (χ1v) is 5.97. The number of halogens is 2. The molecule has 0 bridgehead atoms. The third-order valence-corrected chi connectivity index (χ3v) is 2.82. The molecule has 4 nitrogen and oxygen atoms in total. The van der Waals surface area contributed by atoms with Gasteiger partial charge in [-0.3, -0.25) is 4.79 Å². The molecular formula is C14H12F2O4. The summed E-state index contributed by atoms with van der Waals surface area (Å²) < 4.78 is 37.6. The molecule has 2 aromatic rings. The van der Waals surface area contributed by atoms with Gasteiger partial charge in [0.2, 0.25) is 5.43 Å². The van der Waals surface area contributed by atoms with E-state index in [0.29, 0.717) is 0 Å². The maximum absolute atomic E-state index is 14.1. The third kappa shape index (κ3) is 2.17. The van der Waals surface area contributed by atoms with Gasteiger partial charge in [0.1, 0.15) is 16.9 Å². The number of esters is 1. The summed E-state index contributed by atoms with van der Waals surface area (Å²) in [5.74, 6) is -6.09. The van der Waals surface area contributed by atoms with E-state index in [-0.39, 0.29) is 23.3 Å². The lowest BCUT2D eigenvalue weighted by Crippen LogP contribution is -2.34. The smallest absolute Gasteiger partial charge is 0.382 e. The minimum absolute atomic E-state index is 0.00271. The molecule has 0 N–H and O–H groups in total. The molecule has 0 radical (unpaired) electrons. The summed E-state index contributed by atoms with van der Waals surface area (Å²) in [6.07, 6.45) is 0.